The normalized spacial score (nSPS) is 37.5. The molecule has 5 nitrogen and oxygen atoms in total. The molecule has 0 radical (unpaired) electrons. The Morgan fingerprint density at radius 1 is 1.47 bits per heavy atom. The van der Waals surface area contributed by atoms with E-state index in [-0.39, 0.29) is 12.2 Å². The van der Waals surface area contributed by atoms with E-state index in [0.29, 0.717) is 6.61 Å². The number of nitrogens with zero attached hydrogens (tertiary/aromatic N) is 1. The highest BCUT2D eigenvalue weighted by Gasteiger charge is 2.47. The molecule has 1 aliphatic heterocycles. The second-order valence-corrected chi connectivity index (χ2v) is 5.48. The predicted molar refractivity (Wildman–Crippen MR) is 54.3 cm³/mol. The Morgan fingerprint density at radius 2 is 2.00 bits per heavy atom. The van der Waals surface area contributed by atoms with Gasteiger partial charge in [0.2, 0.25) is 5.85 Å². The lowest BCUT2D eigenvalue weighted by atomic mass is 10.3. The van der Waals surface area contributed by atoms with Crippen LogP contribution in [0, 0.1) is 11.3 Å². The molecule has 1 heterocycles. The van der Waals surface area contributed by atoms with Crippen LogP contribution in [0.25, 0.3) is 0 Å². The third kappa shape index (κ3) is 2.79. The summed E-state index contributed by atoms with van der Waals surface area (Å²) in [7, 11) is -3.41. The fraction of sp³-hybridized carbons (Fsp3) is 0.889. The molecule has 0 saturated carbocycles. The number of ether oxygens (including phenoxy) is 1. The van der Waals surface area contributed by atoms with Gasteiger partial charge in [-0.05, 0) is 20.3 Å². The monoisotopic (exact) mass is 233 g/mol. The summed E-state index contributed by atoms with van der Waals surface area (Å²) in [5.41, 5.74) is 0. The van der Waals surface area contributed by atoms with E-state index in [1.165, 1.54) is 0 Å². The van der Waals surface area contributed by atoms with Crippen LogP contribution in [-0.2, 0) is 18.3 Å². The van der Waals surface area contributed by atoms with Gasteiger partial charge in [0, 0.05) is 6.61 Å². The van der Waals surface area contributed by atoms with Gasteiger partial charge in [-0.15, -0.1) is 0 Å². The second-order valence-electron chi connectivity index (χ2n) is 3.51. The molecule has 0 bridgehead atoms. The zero-order valence-electron chi connectivity index (χ0n) is 9.17. The summed E-state index contributed by atoms with van der Waals surface area (Å²) < 4.78 is 27.6. The fourth-order valence-electron chi connectivity index (χ4n) is 1.20. The number of hydrogen-bond acceptors (Lipinski definition) is 5. The van der Waals surface area contributed by atoms with E-state index >= 15 is 0 Å². The molecular formula is C9H16NO4P. The molecule has 0 aliphatic carbocycles. The fourth-order valence-corrected chi connectivity index (χ4v) is 3.17. The summed E-state index contributed by atoms with van der Waals surface area (Å²) in [5, 5.41) is 8.84. The van der Waals surface area contributed by atoms with Gasteiger partial charge < -0.3 is 13.8 Å². The second kappa shape index (κ2) is 5.09. The Labute approximate surface area is 89.8 Å². The van der Waals surface area contributed by atoms with E-state index in [1.54, 1.807) is 13.8 Å². The highest BCUT2D eigenvalue weighted by molar-refractivity contribution is 7.55. The molecule has 0 aromatic heterocycles. The van der Waals surface area contributed by atoms with Crippen molar-refractivity contribution in [3.63, 3.8) is 0 Å². The third-order valence-corrected chi connectivity index (χ3v) is 4.26. The van der Waals surface area contributed by atoms with Gasteiger partial charge in [-0.3, -0.25) is 4.57 Å². The summed E-state index contributed by atoms with van der Waals surface area (Å²) >= 11 is 0. The molecule has 0 amide bonds. The van der Waals surface area contributed by atoms with Crippen molar-refractivity contribution in [3.05, 3.63) is 0 Å². The van der Waals surface area contributed by atoms with Gasteiger partial charge in [0.15, 0.2) is 0 Å². The smallest absolute Gasteiger partial charge is 0.352 e. The summed E-state index contributed by atoms with van der Waals surface area (Å²) in [6.45, 7) is 5.81. The Bertz CT molecular complexity index is 287. The summed E-state index contributed by atoms with van der Waals surface area (Å²) in [4.78, 5) is 0. The SMILES string of the molecule is CCCOC(C#N)P1(=O)OC(C)C(C)O1. The number of hydrogen-bond donors (Lipinski definition) is 0. The van der Waals surface area contributed by atoms with Gasteiger partial charge in [-0.1, -0.05) is 6.92 Å². The molecule has 1 rings (SSSR count). The topological polar surface area (TPSA) is 68.5 Å². The first-order valence-corrected chi connectivity index (χ1v) is 6.62. The summed E-state index contributed by atoms with van der Waals surface area (Å²) in [6.07, 6.45) is 0.220. The zero-order valence-corrected chi connectivity index (χ0v) is 10.1. The van der Waals surface area contributed by atoms with Crippen molar-refractivity contribution in [3.8, 4) is 6.07 Å². The van der Waals surface area contributed by atoms with Crippen LogP contribution in [0.5, 0.6) is 0 Å². The number of nitriles is 1. The Morgan fingerprint density at radius 3 is 2.40 bits per heavy atom. The summed E-state index contributed by atoms with van der Waals surface area (Å²) in [5.74, 6) is -1.11. The predicted octanol–water partition coefficient (Wildman–Crippen LogP) is 2.28. The minimum absolute atomic E-state index is 0.267. The highest BCUT2D eigenvalue weighted by atomic mass is 31.2. The molecule has 6 heteroatoms. The first kappa shape index (κ1) is 12.7. The standard InChI is InChI=1S/C9H16NO4P/c1-4-5-12-9(6-10)15(11)13-7(2)8(3)14-15/h7-9H,4-5H2,1-3H3. The Kier molecular flexibility index (Phi) is 4.30. The molecule has 3 unspecified atom stereocenters. The van der Waals surface area contributed by atoms with Crippen LogP contribution in [0.2, 0.25) is 0 Å². The van der Waals surface area contributed by atoms with Crippen LogP contribution in [0.3, 0.4) is 0 Å². The van der Waals surface area contributed by atoms with E-state index < -0.39 is 13.4 Å². The lowest BCUT2D eigenvalue weighted by Gasteiger charge is -2.15. The molecule has 0 N–H and O–H groups in total. The molecule has 0 spiro atoms. The van der Waals surface area contributed by atoms with E-state index in [1.807, 2.05) is 13.0 Å². The van der Waals surface area contributed by atoms with Crippen molar-refractivity contribution in [2.45, 2.75) is 45.2 Å². The van der Waals surface area contributed by atoms with Crippen LogP contribution < -0.4 is 0 Å². The minimum atomic E-state index is -3.41. The minimum Gasteiger partial charge on any atom is -0.352 e. The van der Waals surface area contributed by atoms with Gasteiger partial charge in [0.25, 0.3) is 0 Å². The molecule has 15 heavy (non-hydrogen) atoms. The maximum absolute atomic E-state index is 12.1. The third-order valence-electron chi connectivity index (χ3n) is 2.16. The molecule has 0 aromatic rings. The van der Waals surface area contributed by atoms with Crippen molar-refractivity contribution in [2.24, 2.45) is 0 Å². The Hall–Kier alpha value is -0.400. The van der Waals surface area contributed by atoms with Crippen LogP contribution in [0.15, 0.2) is 0 Å². The lowest BCUT2D eigenvalue weighted by molar-refractivity contribution is 0.114. The molecule has 1 aliphatic rings. The van der Waals surface area contributed by atoms with Crippen LogP contribution in [0.4, 0.5) is 0 Å². The van der Waals surface area contributed by atoms with Crippen LogP contribution >= 0.6 is 7.60 Å². The number of rotatable bonds is 4. The molecule has 1 saturated heterocycles. The van der Waals surface area contributed by atoms with Crippen molar-refractivity contribution >= 4 is 7.60 Å². The molecule has 3 atom stereocenters. The Balaban J connectivity index is 2.69. The zero-order chi connectivity index (χ0) is 11.5. The van der Waals surface area contributed by atoms with Crippen LogP contribution in [0.1, 0.15) is 27.2 Å². The van der Waals surface area contributed by atoms with Gasteiger partial charge in [0.05, 0.1) is 12.2 Å². The molecular weight excluding hydrogens is 217 g/mol. The van der Waals surface area contributed by atoms with Crippen molar-refractivity contribution < 1.29 is 18.3 Å². The molecule has 1 fully saturated rings. The van der Waals surface area contributed by atoms with E-state index in [4.69, 9.17) is 19.0 Å². The van der Waals surface area contributed by atoms with Gasteiger partial charge in [0.1, 0.15) is 6.07 Å². The van der Waals surface area contributed by atoms with Crippen molar-refractivity contribution in [1.82, 2.24) is 0 Å². The van der Waals surface area contributed by atoms with Gasteiger partial charge in [-0.25, -0.2) is 0 Å². The van der Waals surface area contributed by atoms with Crippen molar-refractivity contribution in [2.75, 3.05) is 6.61 Å². The first-order valence-electron chi connectivity index (χ1n) is 5.01. The van der Waals surface area contributed by atoms with Gasteiger partial charge >= 0.3 is 7.60 Å². The maximum Gasteiger partial charge on any atom is 0.374 e. The quantitative estimate of drug-likeness (QED) is 0.697. The van der Waals surface area contributed by atoms with E-state index in [9.17, 15) is 4.57 Å². The average Bonchev–Trinajstić information content (AvgIpc) is 2.43. The van der Waals surface area contributed by atoms with E-state index in [0.717, 1.165) is 6.42 Å². The molecule has 0 aromatic carbocycles. The lowest BCUT2D eigenvalue weighted by Crippen LogP contribution is -2.13. The first-order chi connectivity index (χ1) is 7.03. The van der Waals surface area contributed by atoms with E-state index in [2.05, 4.69) is 0 Å². The molecule has 86 valence electrons. The average molecular weight is 233 g/mol. The largest absolute Gasteiger partial charge is 0.374 e. The van der Waals surface area contributed by atoms with Crippen LogP contribution in [-0.4, -0.2) is 24.7 Å². The highest BCUT2D eigenvalue weighted by Crippen LogP contribution is 2.60. The summed E-state index contributed by atoms with van der Waals surface area (Å²) in [6, 6.07) is 1.83. The maximum atomic E-state index is 12.1. The van der Waals surface area contributed by atoms with Crippen molar-refractivity contribution in [1.29, 1.82) is 5.26 Å². The van der Waals surface area contributed by atoms with Gasteiger partial charge in [-0.2, -0.15) is 5.26 Å².